The molecule has 1 heterocycles. The lowest BCUT2D eigenvalue weighted by molar-refractivity contribution is 0.0931. The van der Waals surface area contributed by atoms with Crippen LogP contribution in [-0.4, -0.2) is 13.0 Å². The highest BCUT2D eigenvalue weighted by molar-refractivity contribution is 6.30. The molecule has 0 aliphatic carbocycles. The number of ether oxygens (including phenoxy) is 1. The Morgan fingerprint density at radius 3 is 2.67 bits per heavy atom. The second-order valence-corrected chi connectivity index (χ2v) is 4.02. The van der Waals surface area contributed by atoms with E-state index >= 15 is 0 Å². The van der Waals surface area contributed by atoms with E-state index in [1.165, 1.54) is 0 Å². The van der Waals surface area contributed by atoms with Gasteiger partial charge >= 0.3 is 0 Å². The van der Waals surface area contributed by atoms with E-state index in [0.29, 0.717) is 16.5 Å². The molecule has 94 valence electrons. The van der Waals surface area contributed by atoms with Crippen LogP contribution in [0.4, 0.5) is 0 Å². The number of furan rings is 1. The van der Waals surface area contributed by atoms with E-state index in [-0.39, 0.29) is 18.3 Å². The Morgan fingerprint density at radius 1 is 1.28 bits per heavy atom. The number of benzene rings is 1. The van der Waals surface area contributed by atoms with Crippen LogP contribution >= 0.6 is 11.6 Å². The summed E-state index contributed by atoms with van der Waals surface area (Å²) in [7, 11) is 1.55. The van der Waals surface area contributed by atoms with Gasteiger partial charge < -0.3 is 14.5 Å². The second-order valence-electron chi connectivity index (χ2n) is 3.59. The van der Waals surface area contributed by atoms with Gasteiger partial charge in [0.25, 0.3) is 5.91 Å². The molecule has 1 aromatic carbocycles. The third-order valence-electron chi connectivity index (χ3n) is 2.31. The third kappa shape index (κ3) is 3.05. The molecular weight excluding hydrogens is 254 g/mol. The molecule has 1 aromatic heterocycles. The van der Waals surface area contributed by atoms with E-state index in [0.717, 1.165) is 0 Å². The fourth-order valence-corrected chi connectivity index (χ4v) is 1.51. The SMILES string of the molecule is CNC(=O)c1ccc(COc2ccc(Cl)cc2)o1. The Kier molecular flexibility index (Phi) is 3.89. The molecule has 0 radical (unpaired) electrons. The Balaban J connectivity index is 1.96. The van der Waals surface area contributed by atoms with Crippen LogP contribution in [0, 0.1) is 0 Å². The highest BCUT2D eigenvalue weighted by Crippen LogP contribution is 2.17. The number of hydrogen-bond acceptors (Lipinski definition) is 3. The zero-order valence-corrected chi connectivity index (χ0v) is 10.5. The molecule has 0 fully saturated rings. The quantitative estimate of drug-likeness (QED) is 0.925. The van der Waals surface area contributed by atoms with Crippen molar-refractivity contribution in [3.63, 3.8) is 0 Å². The fourth-order valence-electron chi connectivity index (χ4n) is 1.39. The first-order chi connectivity index (χ1) is 8.69. The maximum atomic E-state index is 11.3. The maximum Gasteiger partial charge on any atom is 0.286 e. The van der Waals surface area contributed by atoms with Gasteiger partial charge in [0.05, 0.1) is 0 Å². The van der Waals surface area contributed by atoms with Gasteiger partial charge in [-0.25, -0.2) is 0 Å². The molecule has 5 heteroatoms. The molecule has 0 saturated carbocycles. The van der Waals surface area contributed by atoms with E-state index in [1.807, 2.05) is 0 Å². The van der Waals surface area contributed by atoms with Crippen molar-refractivity contribution in [1.82, 2.24) is 5.32 Å². The highest BCUT2D eigenvalue weighted by Gasteiger charge is 2.09. The van der Waals surface area contributed by atoms with Gasteiger partial charge in [-0.15, -0.1) is 0 Å². The number of carbonyl (C=O) groups is 1. The normalized spacial score (nSPS) is 10.1. The second kappa shape index (κ2) is 5.60. The van der Waals surface area contributed by atoms with Gasteiger partial charge in [-0.2, -0.15) is 0 Å². The Bertz CT molecular complexity index is 533. The van der Waals surface area contributed by atoms with Crippen LogP contribution in [0.5, 0.6) is 5.75 Å². The van der Waals surface area contributed by atoms with Crippen molar-refractivity contribution in [3.05, 3.63) is 52.9 Å². The first-order valence-electron chi connectivity index (χ1n) is 5.38. The number of amides is 1. The summed E-state index contributed by atoms with van der Waals surface area (Å²) in [5.41, 5.74) is 0. The Labute approximate surface area is 110 Å². The maximum absolute atomic E-state index is 11.3. The molecule has 2 aromatic rings. The van der Waals surface area contributed by atoms with Gasteiger partial charge in [0.2, 0.25) is 0 Å². The summed E-state index contributed by atoms with van der Waals surface area (Å²) in [5.74, 6) is 1.29. The molecule has 0 unspecified atom stereocenters. The third-order valence-corrected chi connectivity index (χ3v) is 2.56. The van der Waals surface area contributed by atoms with Crippen LogP contribution in [0.15, 0.2) is 40.8 Å². The lowest BCUT2D eigenvalue weighted by Gasteiger charge is -2.03. The van der Waals surface area contributed by atoms with Crippen LogP contribution in [0.3, 0.4) is 0 Å². The molecule has 0 bridgehead atoms. The van der Waals surface area contributed by atoms with Gasteiger partial charge in [-0.1, -0.05) is 11.6 Å². The minimum Gasteiger partial charge on any atom is -0.486 e. The fraction of sp³-hybridized carbons (Fsp3) is 0.154. The standard InChI is InChI=1S/C13H12ClNO3/c1-15-13(16)12-7-6-11(18-12)8-17-10-4-2-9(14)3-5-10/h2-7H,8H2,1H3,(H,15,16). The van der Waals surface area contributed by atoms with Crippen LogP contribution in [0.25, 0.3) is 0 Å². The largest absolute Gasteiger partial charge is 0.486 e. The molecule has 1 N–H and O–H groups in total. The molecule has 0 aliphatic rings. The lowest BCUT2D eigenvalue weighted by Crippen LogP contribution is -2.16. The van der Waals surface area contributed by atoms with E-state index in [2.05, 4.69) is 5.32 Å². The molecule has 0 atom stereocenters. The van der Waals surface area contributed by atoms with E-state index in [9.17, 15) is 4.79 Å². The van der Waals surface area contributed by atoms with Crippen molar-refractivity contribution < 1.29 is 13.9 Å². The van der Waals surface area contributed by atoms with Crippen molar-refractivity contribution in [2.24, 2.45) is 0 Å². The predicted octanol–water partition coefficient (Wildman–Crippen LogP) is 2.87. The summed E-state index contributed by atoms with van der Waals surface area (Å²) in [5, 5.41) is 3.14. The van der Waals surface area contributed by atoms with Crippen LogP contribution in [0.1, 0.15) is 16.3 Å². The molecule has 1 amide bonds. The van der Waals surface area contributed by atoms with Crippen molar-refractivity contribution in [2.75, 3.05) is 7.05 Å². The van der Waals surface area contributed by atoms with Gasteiger partial charge in [0.1, 0.15) is 18.1 Å². The summed E-state index contributed by atoms with van der Waals surface area (Å²) < 4.78 is 10.8. The van der Waals surface area contributed by atoms with Crippen molar-refractivity contribution in [2.45, 2.75) is 6.61 Å². The summed E-state index contributed by atoms with van der Waals surface area (Å²) in [4.78, 5) is 11.3. The van der Waals surface area contributed by atoms with E-state index in [1.54, 1.807) is 43.4 Å². The summed E-state index contributed by atoms with van der Waals surface area (Å²) in [6.45, 7) is 0.263. The minimum absolute atomic E-state index is 0.257. The van der Waals surface area contributed by atoms with Gasteiger partial charge in [-0.3, -0.25) is 4.79 Å². The van der Waals surface area contributed by atoms with Crippen LogP contribution in [-0.2, 0) is 6.61 Å². The molecule has 0 aliphatic heterocycles. The molecule has 18 heavy (non-hydrogen) atoms. The predicted molar refractivity (Wildman–Crippen MR) is 67.9 cm³/mol. The van der Waals surface area contributed by atoms with Gasteiger partial charge in [0, 0.05) is 12.1 Å². The van der Waals surface area contributed by atoms with Crippen molar-refractivity contribution in [1.29, 1.82) is 0 Å². The molecule has 2 rings (SSSR count). The highest BCUT2D eigenvalue weighted by atomic mass is 35.5. The minimum atomic E-state index is -0.257. The first-order valence-corrected chi connectivity index (χ1v) is 5.76. The summed E-state index contributed by atoms with van der Waals surface area (Å²) in [6, 6.07) is 10.3. The smallest absolute Gasteiger partial charge is 0.286 e. The average molecular weight is 266 g/mol. The van der Waals surface area contributed by atoms with Crippen LogP contribution in [0.2, 0.25) is 5.02 Å². The van der Waals surface area contributed by atoms with Crippen molar-refractivity contribution >= 4 is 17.5 Å². The topological polar surface area (TPSA) is 51.5 Å². The molecule has 4 nitrogen and oxygen atoms in total. The van der Waals surface area contributed by atoms with E-state index in [4.69, 9.17) is 20.8 Å². The number of hydrogen-bond donors (Lipinski definition) is 1. The first kappa shape index (κ1) is 12.5. The number of halogens is 1. The average Bonchev–Trinajstić information content (AvgIpc) is 2.86. The van der Waals surface area contributed by atoms with Crippen molar-refractivity contribution in [3.8, 4) is 5.75 Å². The Morgan fingerprint density at radius 2 is 2.00 bits per heavy atom. The number of carbonyl (C=O) groups excluding carboxylic acids is 1. The monoisotopic (exact) mass is 265 g/mol. The number of rotatable bonds is 4. The van der Waals surface area contributed by atoms with Gasteiger partial charge in [0.15, 0.2) is 5.76 Å². The molecule has 0 spiro atoms. The zero-order chi connectivity index (χ0) is 13.0. The summed E-state index contributed by atoms with van der Waals surface area (Å²) >= 11 is 5.76. The van der Waals surface area contributed by atoms with Crippen LogP contribution < -0.4 is 10.1 Å². The van der Waals surface area contributed by atoms with Gasteiger partial charge in [-0.05, 0) is 36.4 Å². The number of nitrogens with one attached hydrogen (secondary N) is 1. The summed E-state index contributed by atoms with van der Waals surface area (Å²) in [6.07, 6.45) is 0. The molecular formula is C13H12ClNO3. The zero-order valence-electron chi connectivity index (χ0n) is 9.77. The van der Waals surface area contributed by atoms with E-state index < -0.39 is 0 Å². The Hall–Kier alpha value is -1.94. The lowest BCUT2D eigenvalue weighted by atomic mass is 10.3. The molecule has 0 saturated heterocycles.